The van der Waals surface area contributed by atoms with Crippen molar-refractivity contribution in [1.29, 1.82) is 0 Å². The molecule has 0 aromatic heterocycles. The van der Waals surface area contributed by atoms with Crippen LogP contribution < -0.4 is 5.73 Å². The van der Waals surface area contributed by atoms with E-state index in [0.29, 0.717) is 12.1 Å². The zero-order valence-electron chi connectivity index (χ0n) is 11.5. The number of hydrogen-bond donors (Lipinski definition) is 1. The van der Waals surface area contributed by atoms with Crippen LogP contribution in [-0.4, -0.2) is 20.0 Å². The van der Waals surface area contributed by atoms with Crippen molar-refractivity contribution in [3.8, 4) is 0 Å². The number of rotatable bonds is 6. The van der Waals surface area contributed by atoms with Crippen molar-refractivity contribution in [1.82, 2.24) is 0 Å². The molecule has 0 spiro atoms. The van der Waals surface area contributed by atoms with Crippen LogP contribution in [0.5, 0.6) is 0 Å². The maximum atomic E-state index is 12.1. The number of benzene rings is 2. The molecule has 0 bridgehead atoms. The maximum absolute atomic E-state index is 12.1. The van der Waals surface area contributed by atoms with Gasteiger partial charge in [0.2, 0.25) is 0 Å². The minimum Gasteiger partial charge on any atom is -0.399 e. The Morgan fingerprint density at radius 3 is 2.19 bits per heavy atom. The van der Waals surface area contributed by atoms with Gasteiger partial charge in [-0.05, 0) is 36.2 Å². The topological polar surface area (TPSA) is 77.2 Å². The molecule has 21 heavy (non-hydrogen) atoms. The Bertz CT molecular complexity index is 707. The van der Waals surface area contributed by atoms with Crippen LogP contribution in [0.4, 0.5) is 5.69 Å². The van der Waals surface area contributed by atoms with E-state index < -0.39 is 15.6 Å². The summed E-state index contributed by atoms with van der Waals surface area (Å²) in [5.41, 5.74) is 7.04. The van der Waals surface area contributed by atoms with E-state index in [0.717, 1.165) is 5.56 Å². The molecule has 0 aliphatic carbocycles. The maximum Gasteiger partial charge on any atom is 0.185 e. The number of carbonyl (C=O) groups excluding carboxylic acids is 1. The second kappa shape index (κ2) is 6.54. The van der Waals surface area contributed by atoms with Gasteiger partial charge in [0.25, 0.3) is 0 Å². The number of ketones is 1. The minimum absolute atomic E-state index is 0.129. The highest BCUT2D eigenvalue weighted by Gasteiger charge is 2.18. The number of anilines is 1. The molecule has 2 aromatic carbocycles. The lowest BCUT2D eigenvalue weighted by Crippen LogP contribution is -2.16. The average Bonchev–Trinajstić information content (AvgIpc) is 2.46. The third kappa shape index (κ3) is 4.43. The zero-order valence-corrected chi connectivity index (χ0v) is 12.3. The van der Waals surface area contributed by atoms with Crippen molar-refractivity contribution >= 4 is 21.3 Å². The van der Waals surface area contributed by atoms with Gasteiger partial charge in [-0.15, -0.1) is 0 Å². The molecule has 0 atom stereocenters. The lowest BCUT2D eigenvalue weighted by Gasteiger charge is -2.05. The van der Waals surface area contributed by atoms with Gasteiger partial charge in [-0.3, -0.25) is 4.79 Å². The smallest absolute Gasteiger partial charge is 0.185 e. The van der Waals surface area contributed by atoms with Crippen LogP contribution in [0.3, 0.4) is 0 Å². The van der Waals surface area contributed by atoms with Crippen LogP contribution in [0.15, 0.2) is 59.5 Å². The Kier molecular flexibility index (Phi) is 4.75. The second-order valence-electron chi connectivity index (χ2n) is 4.85. The molecule has 0 fully saturated rings. The molecule has 0 aliphatic heterocycles. The van der Waals surface area contributed by atoms with E-state index in [9.17, 15) is 13.2 Å². The molecule has 5 heteroatoms. The van der Waals surface area contributed by atoms with Gasteiger partial charge in [-0.1, -0.05) is 30.3 Å². The van der Waals surface area contributed by atoms with Crippen LogP contribution in [0.25, 0.3) is 0 Å². The predicted octanol–water partition coefficient (Wildman–Crippen LogP) is 2.24. The summed E-state index contributed by atoms with van der Waals surface area (Å²) in [5, 5.41) is 0. The lowest BCUT2D eigenvalue weighted by molar-refractivity contribution is -0.116. The highest BCUT2D eigenvalue weighted by molar-refractivity contribution is 7.92. The van der Waals surface area contributed by atoms with Gasteiger partial charge >= 0.3 is 0 Å². The molecule has 0 aliphatic rings. The van der Waals surface area contributed by atoms with Crippen LogP contribution >= 0.6 is 0 Å². The summed E-state index contributed by atoms with van der Waals surface area (Å²) in [7, 11) is -3.59. The fourth-order valence-electron chi connectivity index (χ4n) is 1.97. The normalized spacial score (nSPS) is 11.2. The summed E-state index contributed by atoms with van der Waals surface area (Å²) in [4.78, 5) is 12.0. The van der Waals surface area contributed by atoms with Crippen molar-refractivity contribution in [2.24, 2.45) is 0 Å². The van der Waals surface area contributed by atoms with Crippen LogP contribution in [0, 0.1) is 0 Å². The molecule has 0 radical (unpaired) electrons. The summed E-state index contributed by atoms with van der Waals surface area (Å²) in [6.45, 7) is 0. The predicted molar refractivity (Wildman–Crippen MR) is 82.7 cm³/mol. The van der Waals surface area contributed by atoms with E-state index in [4.69, 9.17) is 5.73 Å². The number of nitrogens with two attached hydrogens (primary N) is 1. The van der Waals surface area contributed by atoms with E-state index >= 15 is 0 Å². The SMILES string of the molecule is Nc1ccc(S(=O)(=O)CC(=O)CCc2ccccc2)cc1. The Labute approximate surface area is 124 Å². The average molecular weight is 303 g/mol. The summed E-state index contributed by atoms with van der Waals surface area (Å²) in [5.74, 6) is -0.750. The fourth-order valence-corrected chi connectivity index (χ4v) is 3.26. The van der Waals surface area contributed by atoms with E-state index in [2.05, 4.69) is 0 Å². The third-order valence-electron chi connectivity index (χ3n) is 3.13. The first-order valence-corrected chi connectivity index (χ1v) is 8.26. The van der Waals surface area contributed by atoms with E-state index in [1.807, 2.05) is 30.3 Å². The van der Waals surface area contributed by atoms with Gasteiger partial charge in [0.1, 0.15) is 11.5 Å². The van der Waals surface area contributed by atoms with Crippen molar-refractivity contribution in [2.45, 2.75) is 17.7 Å². The number of nitrogen functional groups attached to an aromatic ring is 1. The number of carbonyl (C=O) groups is 1. The molecule has 0 heterocycles. The molecule has 2 rings (SSSR count). The number of sulfone groups is 1. The molecule has 110 valence electrons. The number of hydrogen-bond acceptors (Lipinski definition) is 4. The van der Waals surface area contributed by atoms with E-state index in [-0.39, 0.29) is 17.1 Å². The first-order valence-electron chi connectivity index (χ1n) is 6.61. The van der Waals surface area contributed by atoms with Gasteiger partial charge < -0.3 is 5.73 Å². The van der Waals surface area contributed by atoms with Crippen molar-refractivity contribution in [3.63, 3.8) is 0 Å². The Hall–Kier alpha value is -2.14. The monoisotopic (exact) mass is 303 g/mol. The first-order chi connectivity index (χ1) is 9.97. The highest BCUT2D eigenvalue weighted by Crippen LogP contribution is 2.14. The van der Waals surface area contributed by atoms with Crippen molar-refractivity contribution in [3.05, 3.63) is 60.2 Å². The summed E-state index contributed by atoms with van der Waals surface area (Å²) in [6.07, 6.45) is 0.773. The second-order valence-corrected chi connectivity index (χ2v) is 6.84. The van der Waals surface area contributed by atoms with Gasteiger partial charge in [0, 0.05) is 12.1 Å². The van der Waals surface area contributed by atoms with Crippen LogP contribution in [0.1, 0.15) is 12.0 Å². The molecule has 0 unspecified atom stereocenters. The van der Waals surface area contributed by atoms with Gasteiger partial charge in [0.05, 0.1) is 4.90 Å². The molecule has 2 N–H and O–H groups in total. The third-order valence-corrected chi connectivity index (χ3v) is 4.82. The van der Waals surface area contributed by atoms with Crippen molar-refractivity contribution < 1.29 is 13.2 Å². The summed E-state index contributed by atoms with van der Waals surface area (Å²) in [6, 6.07) is 15.4. The van der Waals surface area contributed by atoms with Gasteiger partial charge in [-0.2, -0.15) is 0 Å². The Morgan fingerprint density at radius 2 is 1.57 bits per heavy atom. The molecule has 0 amide bonds. The van der Waals surface area contributed by atoms with Crippen LogP contribution in [0.2, 0.25) is 0 Å². The molecular formula is C16H17NO3S. The number of Topliss-reactive ketones (excluding diaryl/α,β-unsaturated/α-hetero) is 1. The summed E-state index contributed by atoms with van der Waals surface area (Å²) >= 11 is 0. The van der Waals surface area contributed by atoms with E-state index in [1.165, 1.54) is 24.3 Å². The first kappa shape index (κ1) is 15.3. The quantitative estimate of drug-likeness (QED) is 0.830. The zero-order chi connectivity index (χ0) is 15.3. The van der Waals surface area contributed by atoms with Gasteiger partial charge in [-0.25, -0.2) is 8.42 Å². The molecule has 0 saturated heterocycles. The summed E-state index contributed by atoms with van der Waals surface area (Å²) < 4.78 is 24.2. The molecule has 4 nitrogen and oxygen atoms in total. The molecular weight excluding hydrogens is 286 g/mol. The largest absolute Gasteiger partial charge is 0.399 e. The number of aryl methyl sites for hydroxylation is 1. The highest BCUT2D eigenvalue weighted by atomic mass is 32.2. The van der Waals surface area contributed by atoms with E-state index in [1.54, 1.807) is 0 Å². The van der Waals surface area contributed by atoms with Crippen LogP contribution in [-0.2, 0) is 21.1 Å². The minimum atomic E-state index is -3.59. The lowest BCUT2D eigenvalue weighted by atomic mass is 10.1. The van der Waals surface area contributed by atoms with Crippen molar-refractivity contribution in [2.75, 3.05) is 11.5 Å². The standard InChI is InChI=1S/C16H17NO3S/c17-14-7-10-16(11-8-14)21(19,20)12-15(18)9-6-13-4-2-1-3-5-13/h1-5,7-8,10-11H,6,9,12,17H2. The van der Waals surface area contributed by atoms with Gasteiger partial charge in [0.15, 0.2) is 9.84 Å². The molecule has 2 aromatic rings. The molecule has 0 saturated carbocycles. The fraction of sp³-hybridized carbons (Fsp3) is 0.188. The Balaban J connectivity index is 1.97. The Morgan fingerprint density at radius 1 is 0.952 bits per heavy atom.